The summed E-state index contributed by atoms with van der Waals surface area (Å²) >= 11 is 6.10. The molecule has 0 aliphatic heterocycles. The predicted octanol–water partition coefficient (Wildman–Crippen LogP) is 5.53. The highest BCUT2D eigenvalue weighted by molar-refractivity contribution is 7.89. The lowest BCUT2D eigenvalue weighted by Gasteiger charge is -2.37. The number of rotatable bonds is 14. The van der Waals surface area contributed by atoms with Crippen molar-refractivity contribution in [3.05, 3.63) is 57.6 Å². The molecule has 1 atom stereocenters. The molecule has 2 aromatic carbocycles. The average molecular weight is 622 g/mol. The Morgan fingerprint density at radius 1 is 1.07 bits per heavy atom. The minimum atomic E-state index is -3.73. The van der Waals surface area contributed by atoms with Gasteiger partial charge in [0, 0.05) is 30.7 Å². The molecule has 1 fully saturated rings. The summed E-state index contributed by atoms with van der Waals surface area (Å²) in [5.74, 6) is 1.50. The number of carbonyl (C=O) groups is 1. The molecule has 0 radical (unpaired) electrons. The highest BCUT2D eigenvalue weighted by atomic mass is 35.5. The number of hydrogen-bond donors (Lipinski definition) is 1. The van der Waals surface area contributed by atoms with Crippen molar-refractivity contribution in [2.24, 2.45) is 11.8 Å². The van der Waals surface area contributed by atoms with E-state index < -0.39 is 10.0 Å². The number of hydrogen-bond acceptors (Lipinski definition) is 6. The van der Waals surface area contributed by atoms with Crippen LogP contribution in [0.15, 0.2) is 35.2 Å². The molecule has 2 aromatic rings. The second kappa shape index (κ2) is 15.5. The smallest absolute Gasteiger partial charge is 0.246 e. The average Bonchev–Trinajstić information content (AvgIpc) is 2.95. The zero-order valence-corrected chi connectivity index (χ0v) is 27.8. The van der Waals surface area contributed by atoms with Crippen molar-refractivity contribution in [1.29, 1.82) is 0 Å². The van der Waals surface area contributed by atoms with Gasteiger partial charge in [0.15, 0.2) is 0 Å². The molecule has 1 amide bonds. The van der Waals surface area contributed by atoms with Crippen molar-refractivity contribution in [1.82, 2.24) is 14.5 Å². The van der Waals surface area contributed by atoms with Gasteiger partial charge in [0.2, 0.25) is 15.9 Å². The molecule has 0 aromatic heterocycles. The van der Waals surface area contributed by atoms with E-state index in [-0.39, 0.29) is 25.7 Å². The van der Waals surface area contributed by atoms with Gasteiger partial charge >= 0.3 is 0 Å². The first-order chi connectivity index (χ1) is 19.9. The largest absolute Gasteiger partial charge is 0.496 e. The maximum atomic E-state index is 13.5. The second-order valence-corrected chi connectivity index (χ2v) is 13.9. The molecule has 0 heterocycles. The van der Waals surface area contributed by atoms with Crippen molar-refractivity contribution in [3.63, 3.8) is 0 Å². The van der Waals surface area contributed by atoms with Gasteiger partial charge in [0.1, 0.15) is 12.4 Å². The number of ether oxygens (including phenoxy) is 2. The number of nitrogens with zero attached hydrogens (tertiary/aromatic N) is 2. The van der Waals surface area contributed by atoms with E-state index in [9.17, 15) is 13.2 Å². The molecule has 42 heavy (non-hydrogen) atoms. The Hall–Kier alpha value is -2.17. The molecule has 0 saturated heterocycles. The van der Waals surface area contributed by atoms with Crippen LogP contribution in [0.25, 0.3) is 0 Å². The van der Waals surface area contributed by atoms with Crippen LogP contribution in [-0.2, 0) is 19.6 Å². The maximum Gasteiger partial charge on any atom is 0.246 e. The molecule has 234 valence electrons. The number of methoxy groups -OCH3 is 1. The maximum absolute atomic E-state index is 13.5. The normalized spacial score (nSPS) is 18.3. The summed E-state index contributed by atoms with van der Waals surface area (Å²) in [5, 5.41) is 3.77. The molecule has 8 nitrogen and oxygen atoms in total. The third kappa shape index (κ3) is 8.47. The van der Waals surface area contributed by atoms with E-state index >= 15 is 0 Å². The van der Waals surface area contributed by atoms with Gasteiger partial charge in [-0.1, -0.05) is 30.7 Å². The Bertz CT molecular complexity index is 1290. The first-order valence-electron chi connectivity index (χ1n) is 14.8. The van der Waals surface area contributed by atoms with Crippen LogP contribution < -0.4 is 10.1 Å². The van der Waals surface area contributed by atoms with E-state index in [0.29, 0.717) is 52.7 Å². The quantitative estimate of drug-likeness (QED) is 0.279. The van der Waals surface area contributed by atoms with Gasteiger partial charge in [-0.2, -0.15) is 4.31 Å². The first-order valence-corrected chi connectivity index (χ1v) is 16.6. The molecule has 1 unspecified atom stereocenters. The standard InChI is InChI=1S/C32H48ClN3O5S/c1-8-36(42(38,39)32-22(2)19-29(40-7)23(3)24(32)4)17-18-41-21-30(37)34-20-25-9-11-26(12-10-25)31(35(5)6)27-13-15-28(33)16-14-27/h13-16,19,25-26,31H,8-12,17-18,20-21H2,1-7H3,(H,34,37). The van der Waals surface area contributed by atoms with E-state index in [4.69, 9.17) is 21.1 Å². The lowest BCUT2D eigenvalue weighted by molar-refractivity contribution is -0.126. The molecule has 0 spiro atoms. The summed E-state index contributed by atoms with van der Waals surface area (Å²) in [6, 6.07) is 10.3. The van der Waals surface area contributed by atoms with Crippen LogP contribution in [0.4, 0.5) is 0 Å². The zero-order valence-electron chi connectivity index (χ0n) is 26.2. The third-order valence-corrected chi connectivity index (χ3v) is 11.1. The molecule has 1 saturated carbocycles. The SMILES string of the molecule is CCN(CCOCC(=O)NCC1CCC(C(c2ccc(Cl)cc2)N(C)C)CC1)S(=O)(=O)c1c(C)cc(OC)c(C)c1C. The summed E-state index contributed by atoms with van der Waals surface area (Å²) in [4.78, 5) is 15.1. The van der Waals surface area contributed by atoms with E-state index in [0.717, 1.165) is 36.3 Å². The second-order valence-electron chi connectivity index (χ2n) is 11.6. The van der Waals surface area contributed by atoms with Gasteiger partial charge in [-0.25, -0.2) is 8.42 Å². The first kappa shape index (κ1) is 34.3. The fourth-order valence-electron chi connectivity index (χ4n) is 6.21. The minimum Gasteiger partial charge on any atom is -0.496 e. The minimum absolute atomic E-state index is 0.0914. The fraction of sp³-hybridized carbons (Fsp3) is 0.594. The van der Waals surface area contributed by atoms with Crippen LogP contribution in [0, 0.1) is 32.6 Å². The van der Waals surface area contributed by atoms with E-state index in [2.05, 4.69) is 36.4 Å². The third-order valence-electron chi connectivity index (χ3n) is 8.56. The van der Waals surface area contributed by atoms with Crippen LogP contribution in [0.5, 0.6) is 5.75 Å². The van der Waals surface area contributed by atoms with Gasteiger partial charge in [-0.05, 0) is 113 Å². The summed E-state index contributed by atoms with van der Waals surface area (Å²) in [6.07, 6.45) is 4.35. The highest BCUT2D eigenvalue weighted by Gasteiger charge is 2.31. The molecular formula is C32H48ClN3O5S. The Kier molecular flexibility index (Phi) is 12.7. The van der Waals surface area contributed by atoms with Crippen molar-refractivity contribution < 1.29 is 22.7 Å². The lowest BCUT2D eigenvalue weighted by atomic mass is 9.76. The number of likely N-dealkylation sites (N-methyl/N-ethyl adjacent to an activating group) is 1. The Balaban J connectivity index is 1.44. The number of halogens is 1. The summed E-state index contributed by atoms with van der Waals surface area (Å²) < 4.78 is 39.4. The molecule has 1 aliphatic carbocycles. The fourth-order valence-corrected chi connectivity index (χ4v) is 8.25. The van der Waals surface area contributed by atoms with Crippen LogP contribution >= 0.6 is 11.6 Å². The molecule has 1 aliphatic rings. The molecule has 0 bridgehead atoms. The van der Waals surface area contributed by atoms with Gasteiger partial charge < -0.3 is 19.7 Å². The molecule has 10 heteroatoms. The van der Waals surface area contributed by atoms with E-state index in [1.54, 1.807) is 33.9 Å². The molecule has 3 rings (SSSR count). The van der Waals surface area contributed by atoms with Gasteiger partial charge in [0.05, 0.1) is 18.6 Å². The number of carbonyl (C=O) groups excluding carboxylic acids is 1. The van der Waals surface area contributed by atoms with Crippen molar-refractivity contribution in [2.45, 2.75) is 64.3 Å². The highest BCUT2D eigenvalue weighted by Crippen LogP contribution is 2.39. The van der Waals surface area contributed by atoms with Crippen LogP contribution in [0.2, 0.25) is 5.02 Å². The number of benzene rings is 2. The molecular weight excluding hydrogens is 574 g/mol. The van der Waals surface area contributed by atoms with Gasteiger partial charge in [0.25, 0.3) is 0 Å². The lowest BCUT2D eigenvalue weighted by Crippen LogP contribution is -2.37. The monoisotopic (exact) mass is 621 g/mol. The van der Waals surface area contributed by atoms with E-state index in [1.807, 2.05) is 19.1 Å². The number of aryl methyl sites for hydroxylation is 1. The van der Waals surface area contributed by atoms with Crippen LogP contribution in [0.1, 0.15) is 60.9 Å². The predicted molar refractivity (Wildman–Crippen MR) is 169 cm³/mol. The summed E-state index contributed by atoms with van der Waals surface area (Å²) in [6.45, 7) is 8.39. The van der Waals surface area contributed by atoms with Gasteiger partial charge in [-0.3, -0.25) is 4.79 Å². The number of amides is 1. The summed E-state index contributed by atoms with van der Waals surface area (Å²) in [5.41, 5.74) is 3.42. The van der Waals surface area contributed by atoms with Crippen molar-refractivity contribution in [2.75, 3.05) is 54.1 Å². The Labute approximate surface area is 257 Å². The Morgan fingerprint density at radius 2 is 1.71 bits per heavy atom. The van der Waals surface area contributed by atoms with Gasteiger partial charge in [-0.15, -0.1) is 0 Å². The number of sulfonamides is 1. The van der Waals surface area contributed by atoms with Crippen molar-refractivity contribution >= 4 is 27.5 Å². The topological polar surface area (TPSA) is 88.2 Å². The zero-order chi connectivity index (χ0) is 31.0. The van der Waals surface area contributed by atoms with Crippen molar-refractivity contribution in [3.8, 4) is 5.75 Å². The van der Waals surface area contributed by atoms with E-state index in [1.165, 1.54) is 9.87 Å². The molecule has 1 N–H and O–H groups in total. The van der Waals surface area contributed by atoms with Crippen LogP contribution in [-0.4, -0.2) is 77.6 Å². The summed E-state index contributed by atoms with van der Waals surface area (Å²) in [7, 11) is 2.10. The number of nitrogens with one attached hydrogen (secondary N) is 1. The van der Waals surface area contributed by atoms with Crippen LogP contribution in [0.3, 0.4) is 0 Å². The Morgan fingerprint density at radius 3 is 2.29 bits per heavy atom.